The highest BCUT2D eigenvalue weighted by Gasteiger charge is 2.30. The smallest absolute Gasteiger partial charge is 0.339 e. The maximum atomic E-state index is 11.8. The third-order valence-electron chi connectivity index (χ3n) is 3.47. The van der Waals surface area contributed by atoms with Crippen LogP contribution in [0.5, 0.6) is 0 Å². The number of hydrogen-bond donors (Lipinski definition) is 1. The molecule has 0 spiro atoms. The van der Waals surface area contributed by atoms with Gasteiger partial charge >= 0.3 is 5.97 Å². The van der Waals surface area contributed by atoms with Gasteiger partial charge in [-0.15, -0.1) is 0 Å². The second-order valence-corrected chi connectivity index (χ2v) is 5.07. The number of pyridine rings is 2. The molecule has 1 N–H and O–H groups in total. The van der Waals surface area contributed by atoms with Gasteiger partial charge in [-0.25, -0.2) is 9.78 Å². The highest BCUT2D eigenvalue weighted by Crippen LogP contribution is 2.40. The Morgan fingerprint density at radius 1 is 1.33 bits per heavy atom. The molecular weight excluding hydrogens is 266 g/mol. The first-order chi connectivity index (χ1) is 10.3. The fourth-order valence-corrected chi connectivity index (χ4v) is 2.21. The maximum absolute atomic E-state index is 11.8. The standard InChI is InChI=1S/C16H17N3O2/c1-21-16(20)13-8-7-12(19-15(13)11-5-6-11)10-18-14-4-2-3-9-17-14/h2-4,7-9,11H,5-6,10H2,1H3,(H,17,18). The summed E-state index contributed by atoms with van der Waals surface area (Å²) in [5.74, 6) is 0.895. The largest absolute Gasteiger partial charge is 0.465 e. The Morgan fingerprint density at radius 3 is 2.86 bits per heavy atom. The first kappa shape index (κ1) is 13.5. The van der Waals surface area contributed by atoms with Crippen LogP contribution in [0.2, 0.25) is 0 Å². The van der Waals surface area contributed by atoms with E-state index in [9.17, 15) is 4.79 Å². The number of nitrogens with zero attached hydrogens (tertiary/aromatic N) is 2. The Morgan fingerprint density at radius 2 is 2.19 bits per heavy atom. The molecule has 2 aromatic heterocycles. The summed E-state index contributed by atoms with van der Waals surface area (Å²) < 4.78 is 4.82. The molecule has 0 saturated heterocycles. The van der Waals surface area contributed by atoms with Gasteiger partial charge in [0.05, 0.1) is 30.6 Å². The van der Waals surface area contributed by atoms with Crippen LogP contribution in [0.15, 0.2) is 36.5 Å². The molecule has 0 radical (unpaired) electrons. The zero-order valence-corrected chi connectivity index (χ0v) is 11.9. The molecule has 5 nitrogen and oxygen atoms in total. The van der Waals surface area contributed by atoms with Gasteiger partial charge < -0.3 is 10.1 Å². The molecule has 0 bridgehead atoms. The quantitative estimate of drug-likeness (QED) is 0.855. The van der Waals surface area contributed by atoms with Crippen molar-refractivity contribution in [3.63, 3.8) is 0 Å². The van der Waals surface area contributed by atoms with Gasteiger partial charge in [-0.05, 0) is 37.1 Å². The Labute approximate surface area is 123 Å². The molecule has 1 aliphatic carbocycles. The van der Waals surface area contributed by atoms with Gasteiger partial charge in [0.2, 0.25) is 0 Å². The fraction of sp³-hybridized carbons (Fsp3) is 0.312. The Balaban J connectivity index is 1.77. The number of aromatic nitrogens is 2. The van der Waals surface area contributed by atoms with Crippen molar-refractivity contribution in [1.82, 2.24) is 9.97 Å². The van der Waals surface area contributed by atoms with E-state index < -0.39 is 0 Å². The van der Waals surface area contributed by atoms with Crippen LogP contribution in [0.3, 0.4) is 0 Å². The van der Waals surface area contributed by atoms with Crippen LogP contribution >= 0.6 is 0 Å². The SMILES string of the molecule is COC(=O)c1ccc(CNc2ccccn2)nc1C1CC1. The third kappa shape index (κ3) is 3.18. The molecule has 1 fully saturated rings. The van der Waals surface area contributed by atoms with Crippen molar-refractivity contribution in [3.05, 3.63) is 53.5 Å². The number of rotatable bonds is 5. The number of carbonyl (C=O) groups excluding carboxylic acids is 1. The minimum absolute atomic E-state index is 0.311. The third-order valence-corrected chi connectivity index (χ3v) is 3.47. The number of ether oxygens (including phenoxy) is 1. The van der Waals surface area contributed by atoms with E-state index in [4.69, 9.17) is 4.74 Å². The number of anilines is 1. The number of hydrogen-bond acceptors (Lipinski definition) is 5. The van der Waals surface area contributed by atoms with Gasteiger partial charge in [-0.3, -0.25) is 4.98 Å². The monoisotopic (exact) mass is 283 g/mol. The molecule has 0 atom stereocenters. The van der Waals surface area contributed by atoms with Crippen molar-refractivity contribution in [2.75, 3.05) is 12.4 Å². The second kappa shape index (κ2) is 5.91. The van der Waals surface area contributed by atoms with E-state index in [1.165, 1.54) is 7.11 Å². The highest BCUT2D eigenvalue weighted by molar-refractivity contribution is 5.90. The maximum Gasteiger partial charge on any atom is 0.339 e. The normalized spacial score (nSPS) is 13.8. The Hall–Kier alpha value is -2.43. The lowest BCUT2D eigenvalue weighted by atomic mass is 10.1. The molecule has 21 heavy (non-hydrogen) atoms. The molecule has 0 amide bonds. The fourth-order valence-electron chi connectivity index (χ4n) is 2.21. The molecule has 0 aromatic carbocycles. The lowest BCUT2D eigenvalue weighted by Crippen LogP contribution is -2.10. The molecular formula is C16H17N3O2. The topological polar surface area (TPSA) is 64.1 Å². The number of methoxy groups -OCH3 is 1. The molecule has 5 heteroatoms. The molecule has 3 rings (SSSR count). The highest BCUT2D eigenvalue weighted by atomic mass is 16.5. The van der Waals surface area contributed by atoms with Gasteiger partial charge in [0.25, 0.3) is 0 Å². The predicted octanol–water partition coefficient (Wildman–Crippen LogP) is 2.75. The molecule has 0 unspecified atom stereocenters. The van der Waals surface area contributed by atoms with Crippen LogP contribution in [0, 0.1) is 0 Å². The van der Waals surface area contributed by atoms with E-state index in [0.29, 0.717) is 18.0 Å². The molecule has 2 aromatic rings. The van der Waals surface area contributed by atoms with Gasteiger partial charge in [0.1, 0.15) is 5.82 Å². The van der Waals surface area contributed by atoms with E-state index in [1.807, 2.05) is 30.3 Å². The summed E-state index contributed by atoms with van der Waals surface area (Å²) >= 11 is 0. The minimum Gasteiger partial charge on any atom is -0.465 e. The van der Waals surface area contributed by atoms with Gasteiger partial charge in [0, 0.05) is 12.1 Å². The van der Waals surface area contributed by atoms with Crippen molar-refractivity contribution < 1.29 is 9.53 Å². The average Bonchev–Trinajstić information content (AvgIpc) is 3.38. The van der Waals surface area contributed by atoms with E-state index >= 15 is 0 Å². The summed E-state index contributed by atoms with van der Waals surface area (Å²) in [7, 11) is 1.40. The first-order valence-electron chi connectivity index (χ1n) is 7.01. The predicted molar refractivity (Wildman–Crippen MR) is 79.1 cm³/mol. The molecule has 0 aliphatic heterocycles. The van der Waals surface area contributed by atoms with Gasteiger partial charge in [-0.1, -0.05) is 6.07 Å². The molecule has 2 heterocycles. The van der Waals surface area contributed by atoms with Crippen LogP contribution in [-0.4, -0.2) is 23.0 Å². The summed E-state index contributed by atoms with van der Waals surface area (Å²) in [4.78, 5) is 20.6. The zero-order valence-electron chi connectivity index (χ0n) is 11.9. The lowest BCUT2D eigenvalue weighted by Gasteiger charge is -2.10. The second-order valence-electron chi connectivity index (χ2n) is 5.07. The summed E-state index contributed by atoms with van der Waals surface area (Å²) in [5, 5.41) is 3.22. The van der Waals surface area contributed by atoms with Crippen molar-refractivity contribution in [2.24, 2.45) is 0 Å². The van der Waals surface area contributed by atoms with Crippen molar-refractivity contribution >= 4 is 11.8 Å². The van der Waals surface area contributed by atoms with E-state index in [-0.39, 0.29) is 5.97 Å². The molecule has 1 saturated carbocycles. The van der Waals surface area contributed by atoms with Crippen LogP contribution in [0.1, 0.15) is 40.5 Å². The van der Waals surface area contributed by atoms with Crippen LogP contribution in [0.25, 0.3) is 0 Å². The van der Waals surface area contributed by atoms with Crippen LogP contribution < -0.4 is 5.32 Å². The number of carbonyl (C=O) groups is 1. The van der Waals surface area contributed by atoms with E-state index in [2.05, 4.69) is 15.3 Å². The summed E-state index contributed by atoms with van der Waals surface area (Å²) in [6, 6.07) is 9.37. The summed E-state index contributed by atoms with van der Waals surface area (Å²) in [6.45, 7) is 0.582. The van der Waals surface area contributed by atoms with Gasteiger partial charge in [0.15, 0.2) is 0 Å². The Kier molecular flexibility index (Phi) is 3.81. The van der Waals surface area contributed by atoms with Gasteiger partial charge in [-0.2, -0.15) is 0 Å². The minimum atomic E-state index is -0.311. The van der Waals surface area contributed by atoms with E-state index in [0.717, 1.165) is 30.0 Å². The van der Waals surface area contributed by atoms with Crippen LogP contribution in [-0.2, 0) is 11.3 Å². The molecule has 108 valence electrons. The first-order valence-corrected chi connectivity index (χ1v) is 7.01. The van der Waals surface area contributed by atoms with Crippen molar-refractivity contribution in [2.45, 2.75) is 25.3 Å². The summed E-state index contributed by atoms with van der Waals surface area (Å²) in [5.41, 5.74) is 2.35. The van der Waals surface area contributed by atoms with E-state index in [1.54, 1.807) is 6.20 Å². The number of esters is 1. The lowest BCUT2D eigenvalue weighted by molar-refractivity contribution is 0.0599. The zero-order chi connectivity index (χ0) is 14.7. The van der Waals surface area contributed by atoms with Crippen molar-refractivity contribution in [3.8, 4) is 0 Å². The summed E-state index contributed by atoms with van der Waals surface area (Å²) in [6.07, 6.45) is 3.92. The average molecular weight is 283 g/mol. The number of nitrogens with one attached hydrogen (secondary N) is 1. The Bertz CT molecular complexity index is 639. The van der Waals surface area contributed by atoms with Crippen LogP contribution in [0.4, 0.5) is 5.82 Å². The molecule has 1 aliphatic rings. The van der Waals surface area contributed by atoms with Crippen molar-refractivity contribution in [1.29, 1.82) is 0 Å².